The SMILES string of the molecule is CCc1n[nH]c(CC)c1NC(=O)Cc1ccc(F)cc1. The van der Waals surface area contributed by atoms with Crippen LogP contribution in [0.5, 0.6) is 0 Å². The molecule has 0 aliphatic heterocycles. The first-order valence-electron chi connectivity index (χ1n) is 6.74. The summed E-state index contributed by atoms with van der Waals surface area (Å²) in [5.41, 5.74) is 3.34. The van der Waals surface area contributed by atoms with Gasteiger partial charge in [-0.2, -0.15) is 5.10 Å². The number of aromatic amines is 1. The highest BCUT2D eigenvalue weighted by Gasteiger charge is 2.13. The molecular weight excluding hydrogens is 257 g/mol. The Balaban J connectivity index is 2.08. The lowest BCUT2D eigenvalue weighted by Crippen LogP contribution is -2.16. The third kappa shape index (κ3) is 3.23. The van der Waals surface area contributed by atoms with E-state index in [-0.39, 0.29) is 18.1 Å². The molecule has 0 radical (unpaired) electrons. The average molecular weight is 275 g/mol. The first-order valence-corrected chi connectivity index (χ1v) is 6.74. The van der Waals surface area contributed by atoms with E-state index in [1.54, 1.807) is 12.1 Å². The number of aryl methyl sites for hydroxylation is 2. The number of amides is 1. The fraction of sp³-hybridized carbons (Fsp3) is 0.333. The van der Waals surface area contributed by atoms with Crippen LogP contribution in [0.15, 0.2) is 24.3 Å². The van der Waals surface area contributed by atoms with Gasteiger partial charge >= 0.3 is 0 Å². The van der Waals surface area contributed by atoms with Gasteiger partial charge in [0.1, 0.15) is 5.82 Å². The molecule has 0 unspecified atom stereocenters. The summed E-state index contributed by atoms with van der Waals surface area (Å²) in [5, 5.41) is 10.0. The Morgan fingerprint density at radius 1 is 1.25 bits per heavy atom. The predicted octanol–water partition coefficient (Wildman–Crippen LogP) is 2.85. The van der Waals surface area contributed by atoms with Crippen molar-refractivity contribution in [3.05, 3.63) is 47.0 Å². The van der Waals surface area contributed by atoms with Crippen molar-refractivity contribution in [3.8, 4) is 0 Å². The number of aromatic nitrogens is 2. The van der Waals surface area contributed by atoms with Crippen LogP contribution in [0, 0.1) is 5.82 Å². The zero-order chi connectivity index (χ0) is 14.5. The topological polar surface area (TPSA) is 57.8 Å². The largest absolute Gasteiger partial charge is 0.323 e. The molecule has 1 aromatic heterocycles. The molecule has 0 saturated carbocycles. The molecule has 20 heavy (non-hydrogen) atoms. The lowest BCUT2D eigenvalue weighted by molar-refractivity contribution is -0.115. The van der Waals surface area contributed by atoms with E-state index in [4.69, 9.17) is 0 Å². The maximum Gasteiger partial charge on any atom is 0.228 e. The summed E-state index contributed by atoms with van der Waals surface area (Å²) in [6.07, 6.45) is 1.75. The van der Waals surface area contributed by atoms with Crippen LogP contribution < -0.4 is 5.32 Å². The Morgan fingerprint density at radius 2 is 1.95 bits per heavy atom. The van der Waals surface area contributed by atoms with Crippen molar-refractivity contribution in [3.63, 3.8) is 0 Å². The lowest BCUT2D eigenvalue weighted by atomic mass is 10.1. The molecule has 1 amide bonds. The van der Waals surface area contributed by atoms with Crippen LogP contribution in [-0.2, 0) is 24.1 Å². The van der Waals surface area contributed by atoms with Gasteiger partial charge in [0.2, 0.25) is 5.91 Å². The molecule has 0 bridgehead atoms. The van der Waals surface area contributed by atoms with Gasteiger partial charge < -0.3 is 5.32 Å². The number of hydrogen-bond acceptors (Lipinski definition) is 2. The maximum absolute atomic E-state index is 12.8. The van der Waals surface area contributed by atoms with Gasteiger partial charge in [0.25, 0.3) is 0 Å². The number of hydrogen-bond donors (Lipinski definition) is 2. The van der Waals surface area contributed by atoms with Crippen molar-refractivity contribution in [1.29, 1.82) is 0 Å². The Hall–Kier alpha value is -2.17. The second-order valence-corrected chi connectivity index (χ2v) is 4.58. The van der Waals surface area contributed by atoms with E-state index in [0.29, 0.717) is 0 Å². The summed E-state index contributed by atoms with van der Waals surface area (Å²) >= 11 is 0. The standard InChI is InChI=1S/C15H18FN3O/c1-3-12-15(13(4-2)19-18-12)17-14(20)9-10-5-7-11(16)8-6-10/h5-8H,3-4,9H2,1-2H3,(H,17,20)(H,18,19). The summed E-state index contributed by atoms with van der Waals surface area (Å²) < 4.78 is 12.8. The minimum atomic E-state index is -0.300. The minimum absolute atomic E-state index is 0.123. The van der Waals surface area contributed by atoms with E-state index in [1.165, 1.54) is 12.1 Å². The predicted molar refractivity (Wildman–Crippen MR) is 76.1 cm³/mol. The van der Waals surface area contributed by atoms with Gasteiger partial charge in [-0.3, -0.25) is 9.89 Å². The molecule has 2 N–H and O–H groups in total. The molecule has 1 aromatic carbocycles. The van der Waals surface area contributed by atoms with Crippen molar-refractivity contribution in [2.45, 2.75) is 33.1 Å². The first kappa shape index (κ1) is 14.2. The van der Waals surface area contributed by atoms with E-state index >= 15 is 0 Å². The number of H-pyrrole nitrogens is 1. The Kier molecular flexibility index (Phi) is 4.50. The number of halogens is 1. The third-order valence-electron chi connectivity index (χ3n) is 3.15. The summed E-state index contributed by atoms with van der Waals surface area (Å²) in [4.78, 5) is 12.1. The van der Waals surface area contributed by atoms with Crippen LogP contribution in [0.2, 0.25) is 0 Å². The van der Waals surface area contributed by atoms with Gasteiger partial charge in [0.05, 0.1) is 23.5 Å². The van der Waals surface area contributed by atoms with Crippen LogP contribution in [0.3, 0.4) is 0 Å². The number of carbonyl (C=O) groups excluding carboxylic acids is 1. The fourth-order valence-electron chi connectivity index (χ4n) is 2.05. The average Bonchev–Trinajstić information content (AvgIpc) is 2.83. The molecule has 4 nitrogen and oxygen atoms in total. The minimum Gasteiger partial charge on any atom is -0.323 e. The van der Waals surface area contributed by atoms with Crippen molar-refractivity contribution in [2.75, 3.05) is 5.32 Å². The monoisotopic (exact) mass is 275 g/mol. The molecular formula is C15H18FN3O. The van der Waals surface area contributed by atoms with Crippen LogP contribution in [0.1, 0.15) is 30.8 Å². The third-order valence-corrected chi connectivity index (χ3v) is 3.15. The fourth-order valence-corrected chi connectivity index (χ4v) is 2.05. The van der Waals surface area contributed by atoms with E-state index in [0.717, 1.165) is 35.5 Å². The van der Waals surface area contributed by atoms with Crippen molar-refractivity contribution in [2.24, 2.45) is 0 Å². The molecule has 0 aliphatic carbocycles. The van der Waals surface area contributed by atoms with E-state index in [9.17, 15) is 9.18 Å². The summed E-state index contributed by atoms with van der Waals surface area (Å²) in [6.45, 7) is 3.99. The van der Waals surface area contributed by atoms with Crippen molar-refractivity contribution < 1.29 is 9.18 Å². The Morgan fingerprint density at radius 3 is 2.55 bits per heavy atom. The number of rotatable bonds is 5. The number of carbonyl (C=O) groups is 1. The molecule has 5 heteroatoms. The molecule has 0 atom stereocenters. The van der Waals surface area contributed by atoms with Crippen LogP contribution in [-0.4, -0.2) is 16.1 Å². The molecule has 1 heterocycles. The molecule has 0 spiro atoms. The lowest BCUT2D eigenvalue weighted by Gasteiger charge is -2.07. The zero-order valence-corrected chi connectivity index (χ0v) is 11.7. The second kappa shape index (κ2) is 6.32. The van der Waals surface area contributed by atoms with Gasteiger partial charge in [0.15, 0.2) is 0 Å². The van der Waals surface area contributed by atoms with Gasteiger partial charge in [-0.15, -0.1) is 0 Å². The summed E-state index contributed by atoms with van der Waals surface area (Å²) in [6, 6.07) is 5.95. The summed E-state index contributed by atoms with van der Waals surface area (Å²) in [5.74, 6) is -0.423. The molecule has 0 fully saturated rings. The van der Waals surface area contributed by atoms with E-state index in [1.807, 2.05) is 13.8 Å². The van der Waals surface area contributed by atoms with Crippen LogP contribution in [0.25, 0.3) is 0 Å². The van der Waals surface area contributed by atoms with Gasteiger partial charge in [-0.1, -0.05) is 26.0 Å². The molecule has 2 rings (SSSR count). The summed E-state index contributed by atoms with van der Waals surface area (Å²) in [7, 11) is 0. The van der Waals surface area contributed by atoms with Gasteiger partial charge in [-0.25, -0.2) is 4.39 Å². The normalized spacial score (nSPS) is 10.6. The van der Waals surface area contributed by atoms with Crippen molar-refractivity contribution in [1.82, 2.24) is 10.2 Å². The van der Waals surface area contributed by atoms with Crippen LogP contribution in [0.4, 0.5) is 10.1 Å². The maximum atomic E-state index is 12.8. The first-order chi connectivity index (χ1) is 9.63. The highest BCUT2D eigenvalue weighted by atomic mass is 19.1. The van der Waals surface area contributed by atoms with E-state index < -0.39 is 0 Å². The smallest absolute Gasteiger partial charge is 0.228 e. The molecule has 0 saturated heterocycles. The number of nitrogens with one attached hydrogen (secondary N) is 2. The molecule has 2 aromatic rings. The Labute approximate surface area is 117 Å². The van der Waals surface area contributed by atoms with Crippen LogP contribution >= 0.6 is 0 Å². The number of anilines is 1. The second-order valence-electron chi connectivity index (χ2n) is 4.58. The quantitative estimate of drug-likeness (QED) is 0.881. The zero-order valence-electron chi connectivity index (χ0n) is 11.7. The van der Waals surface area contributed by atoms with E-state index in [2.05, 4.69) is 15.5 Å². The highest BCUT2D eigenvalue weighted by molar-refractivity contribution is 5.93. The van der Waals surface area contributed by atoms with Gasteiger partial charge in [0, 0.05) is 0 Å². The number of nitrogens with zero attached hydrogens (tertiary/aromatic N) is 1. The molecule has 106 valence electrons. The van der Waals surface area contributed by atoms with Crippen molar-refractivity contribution >= 4 is 11.6 Å². The highest BCUT2D eigenvalue weighted by Crippen LogP contribution is 2.19. The Bertz CT molecular complexity index is 568. The number of benzene rings is 1. The van der Waals surface area contributed by atoms with Gasteiger partial charge in [-0.05, 0) is 30.5 Å². The molecule has 0 aliphatic rings.